The van der Waals surface area contributed by atoms with Crippen LogP contribution in [0.25, 0.3) is 0 Å². The van der Waals surface area contributed by atoms with Crippen LogP contribution < -0.4 is 5.32 Å². The minimum atomic E-state index is -4.37. The fraction of sp³-hybridized carbons (Fsp3) is 0.750. The summed E-state index contributed by atoms with van der Waals surface area (Å²) in [5, 5.41) is 23.9. The summed E-state index contributed by atoms with van der Waals surface area (Å²) >= 11 is 0. The summed E-state index contributed by atoms with van der Waals surface area (Å²) < 4.78 is 23.4. The minimum Gasteiger partial charge on any atom is -0.389 e. The quantitative estimate of drug-likeness (QED) is 0.0163. The average molecular weight is 782 g/mol. The SMILES string of the molecule is CCCCC/C=C\C/C=C\CC(O)/C=C\C=C\CCCC(=O)N[C@@H](COP(=O)(O)OCC[N+](C)(C)C)[C@H](O)/C=C/CCCCCCCCCCCCCC. The van der Waals surface area contributed by atoms with Gasteiger partial charge in [0.1, 0.15) is 13.2 Å². The maximum atomic E-state index is 12.8. The molecule has 4 atom stereocenters. The highest BCUT2D eigenvalue weighted by Crippen LogP contribution is 2.43. The van der Waals surface area contributed by atoms with Gasteiger partial charge in [-0.2, -0.15) is 0 Å². The number of aliphatic hydroxyl groups is 2. The summed E-state index contributed by atoms with van der Waals surface area (Å²) in [7, 11) is 1.47. The first kappa shape index (κ1) is 52.2. The first-order valence-electron chi connectivity index (χ1n) is 21.3. The third-order valence-electron chi connectivity index (χ3n) is 9.06. The zero-order valence-electron chi connectivity index (χ0n) is 35.1. The Labute approximate surface area is 331 Å². The van der Waals surface area contributed by atoms with Gasteiger partial charge in [0.2, 0.25) is 5.91 Å². The van der Waals surface area contributed by atoms with Crippen molar-refractivity contribution in [2.45, 2.75) is 173 Å². The summed E-state index contributed by atoms with van der Waals surface area (Å²) in [4.78, 5) is 23.0. The number of likely N-dealkylation sites (N-methyl/N-ethyl adjacent to an activating group) is 1. The van der Waals surface area contributed by atoms with E-state index >= 15 is 0 Å². The fourth-order valence-corrected chi connectivity index (χ4v) is 6.32. The van der Waals surface area contributed by atoms with Crippen LogP contribution in [0.15, 0.2) is 60.8 Å². The third kappa shape index (κ3) is 37.1. The highest BCUT2D eigenvalue weighted by atomic mass is 31.2. The van der Waals surface area contributed by atoms with Crippen LogP contribution in [0, 0.1) is 0 Å². The summed E-state index contributed by atoms with van der Waals surface area (Å²) in [6.45, 7) is 4.63. The van der Waals surface area contributed by atoms with Gasteiger partial charge in [-0.15, -0.1) is 0 Å². The highest BCUT2D eigenvalue weighted by molar-refractivity contribution is 7.47. The second kappa shape index (κ2) is 35.6. The van der Waals surface area contributed by atoms with E-state index in [1.54, 1.807) is 12.2 Å². The number of quaternary nitrogens is 1. The van der Waals surface area contributed by atoms with E-state index in [4.69, 9.17) is 9.05 Å². The number of phosphoric acid groups is 1. The van der Waals surface area contributed by atoms with Crippen LogP contribution in [-0.2, 0) is 18.4 Å². The Bertz CT molecular complexity index is 1080. The number of amides is 1. The molecule has 54 heavy (non-hydrogen) atoms. The number of allylic oxidation sites excluding steroid dienone is 7. The van der Waals surface area contributed by atoms with Gasteiger partial charge in [0.15, 0.2) is 0 Å². The van der Waals surface area contributed by atoms with Crippen molar-refractivity contribution >= 4 is 13.7 Å². The number of aliphatic hydroxyl groups excluding tert-OH is 2. The van der Waals surface area contributed by atoms with Crippen LogP contribution >= 0.6 is 7.82 Å². The van der Waals surface area contributed by atoms with Crippen molar-refractivity contribution in [2.24, 2.45) is 0 Å². The lowest BCUT2D eigenvalue weighted by Crippen LogP contribution is -2.45. The number of hydrogen-bond donors (Lipinski definition) is 4. The van der Waals surface area contributed by atoms with Gasteiger partial charge >= 0.3 is 7.82 Å². The summed E-state index contributed by atoms with van der Waals surface area (Å²) in [6.07, 6.45) is 41.7. The molecule has 314 valence electrons. The lowest BCUT2D eigenvalue weighted by molar-refractivity contribution is -0.870. The van der Waals surface area contributed by atoms with Gasteiger partial charge in [-0.05, 0) is 51.4 Å². The zero-order valence-corrected chi connectivity index (χ0v) is 35.9. The molecular formula is C44H82N2O7P+. The van der Waals surface area contributed by atoms with Crippen LogP contribution in [0.3, 0.4) is 0 Å². The number of carbonyl (C=O) groups is 1. The second-order valence-electron chi connectivity index (χ2n) is 15.6. The van der Waals surface area contributed by atoms with E-state index in [1.165, 1.54) is 83.5 Å². The average Bonchev–Trinajstić information content (AvgIpc) is 3.11. The molecule has 0 aliphatic carbocycles. The Morgan fingerprint density at radius 1 is 0.685 bits per heavy atom. The van der Waals surface area contributed by atoms with Gasteiger partial charge in [-0.1, -0.05) is 158 Å². The minimum absolute atomic E-state index is 0.0334. The molecule has 0 aromatic rings. The smallest absolute Gasteiger partial charge is 0.389 e. The van der Waals surface area contributed by atoms with Gasteiger partial charge in [-0.25, -0.2) is 4.57 Å². The topological polar surface area (TPSA) is 125 Å². The molecule has 0 bridgehead atoms. The predicted molar refractivity (Wildman–Crippen MR) is 227 cm³/mol. The van der Waals surface area contributed by atoms with Crippen LogP contribution in [-0.4, -0.2) is 84.6 Å². The molecule has 0 radical (unpaired) electrons. The highest BCUT2D eigenvalue weighted by Gasteiger charge is 2.27. The normalized spacial score (nSPS) is 15.6. The van der Waals surface area contributed by atoms with E-state index < -0.39 is 26.1 Å². The Balaban J connectivity index is 4.68. The molecule has 4 N–H and O–H groups in total. The van der Waals surface area contributed by atoms with Crippen molar-refractivity contribution < 1.29 is 38.0 Å². The molecule has 10 heteroatoms. The number of unbranched alkanes of at least 4 members (excludes halogenated alkanes) is 16. The molecule has 0 aliphatic rings. The molecular weight excluding hydrogens is 699 g/mol. The van der Waals surface area contributed by atoms with Gasteiger partial charge < -0.3 is 24.9 Å². The first-order chi connectivity index (χ1) is 25.9. The molecule has 0 aromatic heterocycles. The van der Waals surface area contributed by atoms with Crippen molar-refractivity contribution in [3.8, 4) is 0 Å². The summed E-state index contributed by atoms with van der Waals surface area (Å²) in [5.41, 5.74) is 0. The lowest BCUT2D eigenvalue weighted by Gasteiger charge is -2.25. The number of phosphoric ester groups is 1. The Morgan fingerprint density at radius 2 is 1.24 bits per heavy atom. The van der Waals surface area contributed by atoms with Crippen LogP contribution in [0.5, 0.6) is 0 Å². The lowest BCUT2D eigenvalue weighted by atomic mass is 10.0. The van der Waals surface area contributed by atoms with Gasteiger partial charge in [0, 0.05) is 6.42 Å². The maximum absolute atomic E-state index is 12.8. The number of hydrogen-bond acceptors (Lipinski definition) is 6. The molecule has 0 aliphatic heterocycles. The second-order valence-corrected chi connectivity index (χ2v) is 17.0. The monoisotopic (exact) mass is 782 g/mol. The van der Waals surface area contributed by atoms with Crippen LogP contribution in [0.4, 0.5) is 0 Å². The van der Waals surface area contributed by atoms with Crippen molar-refractivity contribution in [3.63, 3.8) is 0 Å². The molecule has 1 amide bonds. The molecule has 0 aromatic carbocycles. The van der Waals surface area contributed by atoms with E-state index in [0.29, 0.717) is 30.3 Å². The van der Waals surface area contributed by atoms with E-state index in [0.717, 1.165) is 32.1 Å². The third-order valence-corrected chi connectivity index (χ3v) is 10.0. The fourth-order valence-electron chi connectivity index (χ4n) is 5.58. The van der Waals surface area contributed by atoms with E-state index in [2.05, 4.69) is 37.4 Å². The van der Waals surface area contributed by atoms with Gasteiger partial charge in [0.05, 0.1) is 46.0 Å². The predicted octanol–water partition coefficient (Wildman–Crippen LogP) is 10.4. The molecule has 0 heterocycles. The zero-order chi connectivity index (χ0) is 40.2. The summed E-state index contributed by atoms with van der Waals surface area (Å²) in [6, 6.07) is -0.908. The first-order valence-corrected chi connectivity index (χ1v) is 22.8. The van der Waals surface area contributed by atoms with E-state index in [1.807, 2.05) is 51.5 Å². The molecule has 0 rings (SSSR count). The van der Waals surface area contributed by atoms with Crippen molar-refractivity contribution in [3.05, 3.63) is 60.8 Å². The summed E-state index contributed by atoms with van der Waals surface area (Å²) in [5.74, 6) is -0.280. The number of carbonyl (C=O) groups excluding carboxylic acids is 1. The van der Waals surface area contributed by atoms with Crippen molar-refractivity contribution in [2.75, 3.05) is 40.9 Å². The Morgan fingerprint density at radius 3 is 1.89 bits per heavy atom. The van der Waals surface area contributed by atoms with Crippen molar-refractivity contribution in [1.82, 2.24) is 5.32 Å². The largest absolute Gasteiger partial charge is 0.472 e. The molecule has 0 saturated carbocycles. The molecule has 9 nitrogen and oxygen atoms in total. The van der Waals surface area contributed by atoms with E-state index in [-0.39, 0.29) is 25.5 Å². The molecule has 0 saturated heterocycles. The Kier molecular flexibility index (Phi) is 34.4. The van der Waals surface area contributed by atoms with E-state index in [9.17, 15) is 24.5 Å². The number of nitrogens with one attached hydrogen (secondary N) is 1. The molecule has 0 fully saturated rings. The Hall–Kier alpha value is -1.84. The van der Waals surface area contributed by atoms with Crippen LogP contribution in [0.1, 0.15) is 155 Å². The molecule has 0 spiro atoms. The van der Waals surface area contributed by atoms with Crippen LogP contribution in [0.2, 0.25) is 0 Å². The van der Waals surface area contributed by atoms with Gasteiger partial charge in [0.25, 0.3) is 0 Å². The van der Waals surface area contributed by atoms with Gasteiger partial charge in [-0.3, -0.25) is 13.8 Å². The maximum Gasteiger partial charge on any atom is 0.472 e. The standard InChI is InChI=1S/C44H81N2O7P/c1-6-8-10-12-14-16-17-18-19-20-22-24-28-32-36-43(48)42(40-53-54(50,51)52-39-38-46(3,4)5)45-44(49)37-33-29-25-27-31-35-41(47)34-30-26-23-21-15-13-11-9-7-2/h15,21,25-27,30-32,35-36,41-43,47-48H,6-14,16-20,22-24,28-29,33-34,37-40H2,1-5H3,(H-,45,49,50,51)/p+1/b21-15-,27-25+,30-26-,35-31-,36-32+/t41?,42-,43+/m0/s1. The number of rotatable bonds is 37. The van der Waals surface area contributed by atoms with Crippen molar-refractivity contribution in [1.29, 1.82) is 0 Å². The molecule has 2 unspecified atom stereocenters. The number of nitrogens with zero attached hydrogens (tertiary/aromatic N) is 1.